The van der Waals surface area contributed by atoms with E-state index in [9.17, 15) is 4.79 Å². The van der Waals surface area contributed by atoms with Gasteiger partial charge in [-0.05, 0) is 18.6 Å². The standard InChI is InChI=1S/C10H12O3/c1-8-4-2-3-5-9(8)10(12)13-7-6-11/h2-5,11H,6-7H2,1H3/p+1. The van der Waals surface area contributed by atoms with E-state index in [0.29, 0.717) is 5.56 Å². The second-order valence-corrected chi connectivity index (χ2v) is 2.70. The SMILES string of the molecule is Cc1ccccc1C(=O)OCC[OH2+]. The molecule has 0 saturated heterocycles. The lowest BCUT2D eigenvalue weighted by atomic mass is 10.1. The predicted molar refractivity (Wildman–Crippen MR) is 49.9 cm³/mol. The van der Waals surface area contributed by atoms with Crippen LogP contribution in [0.1, 0.15) is 15.9 Å². The lowest BCUT2D eigenvalue weighted by molar-refractivity contribution is 0.0433. The molecule has 0 aliphatic heterocycles. The number of carbonyl (C=O) groups excluding carboxylic acids is 1. The van der Waals surface area contributed by atoms with Gasteiger partial charge in [0.1, 0.15) is 0 Å². The summed E-state index contributed by atoms with van der Waals surface area (Å²) >= 11 is 0. The van der Waals surface area contributed by atoms with E-state index in [1.807, 2.05) is 19.1 Å². The first-order valence-corrected chi connectivity index (χ1v) is 4.13. The summed E-state index contributed by atoms with van der Waals surface area (Å²) in [6, 6.07) is 7.25. The van der Waals surface area contributed by atoms with Gasteiger partial charge in [0.2, 0.25) is 0 Å². The van der Waals surface area contributed by atoms with Gasteiger partial charge in [-0.15, -0.1) is 0 Å². The average molecular weight is 181 g/mol. The minimum absolute atomic E-state index is 0.109. The number of ether oxygens (including phenoxy) is 1. The lowest BCUT2D eigenvalue weighted by Gasteiger charge is -2.03. The number of hydrogen-bond donors (Lipinski definition) is 0. The molecule has 0 bridgehead atoms. The van der Waals surface area contributed by atoms with E-state index in [1.54, 1.807) is 12.1 Å². The summed E-state index contributed by atoms with van der Waals surface area (Å²) < 4.78 is 4.83. The largest absolute Gasteiger partial charge is 0.454 e. The topological polar surface area (TPSA) is 49.2 Å². The Bertz CT molecular complexity index is 294. The van der Waals surface area contributed by atoms with Crippen molar-refractivity contribution >= 4 is 5.97 Å². The number of esters is 1. The van der Waals surface area contributed by atoms with E-state index < -0.39 is 0 Å². The molecule has 70 valence electrons. The smallest absolute Gasteiger partial charge is 0.338 e. The summed E-state index contributed by atoms with van der Waals surface area (Å²) in [7, 11) is 0. The van der Waals surface area contributed by atoms with Gasteiger partial charge in [-0.1, -0.05) is 18.2 Å². The quantitative estimate of drug-likeness (QED) is 0.513. The molecular weight excluding hydrogens is 168 g/mol. The normalized spacial score (nSPS) is 9.69. The molecule has 0 amide bonds. The Balaban J connectivity index is 2.71. The zero-order valence-corrected chi connectivity index (χ0v) is 7.54. The van der Waals surface area contributed by atoms with Crippen molar-refractivity contribution in [3.8, 4) is 0 Å². The first kappa shape index (κ1) is 9.74. The number of rotatable bonds is 3. The molecule has 3 heteroatoms. The molecule has 0 atom stereocenters. The van der Waals surface area contributed by atoms with Gasteiger partial charge in [0.25, 0.3) is 0 Å². The van der Waals surface area contributed by atoms with Gasteiger partial charge >= 0.3 is 5.97 Å². The fourth-order valence-electron chi connectivity index (χ4n) is 1.02. The van der Waals surface area contributed by atoms with E-state index in [-0.39, 0.29) is 19.2 Å². The van der Waals surface area contributed by atoms with Crippen molar-refractivity contribution in [2.75, 3.05) is 13.2 Å². The molecule has 0 radical (unpaired) electrons. The van der Waals surface area contributed by atoms with Gasteiger partial charge in [0, 0.05) is 0 Å². The second-order valence-electron chi connectivity index (χ2n) is 2.70. The maximum absolute atomic E-state index is 11.3. The molecule has 0 aromatic heterocycles. The van der Waals surface area contributed by atoms with Gasteiger partial charge in [-0.3, -0.25) is 0 Å². The number of aryl methyl sites for hydroxylation is 1. The first-order valence-electron chi connectivity index (χ1n) is 4.13. The maximum Gasteiger partial charge on any atom is 0.338 e. The molecule has 1 aromatic carbocycles. The van der Waals surface area contributed by atoms with E-state index in [1.165, 1.54) is 0 Å². The Kier molecular flexibility index (Phi) is 3.46. The Labute approximate surface area is 77.0 Å². The van der Waals surface area contributed by atoms with Crippen molar-refractivity contribution in [1.82, 2.24) is 0 Å². The third-order valence-corrected chi connectivity index (χ3v) is 1.70. The van der Waals surface area contributed by atoms with Crippen LogP contribution in [0.4, 0.5) is 0 Å². The van der Waals surface area contributed by atoms with Crippen LogP contribution in [0, 0.1) is 6.92 Å². The highest BCUT2D eigenvalue weighted by Crippen LogP contribution is 2.07. The Hall–Kier alpha value is -1.35. The maximum atomic E-state index is 11.3. The first-order chi connectivity index (χ1) is 6.25. The molecule has 3 nitrogen and oxygen atoms in total. The molecule has 0 aliphatic carbocycles. The molecule has 13 heavy (non-hydrogen) atoms. The fourth-order valence-corrected chi connectivity index (χ4v) is 1.02. The highest BCUT2D eigenvalue weighted by atomic mass is 16.5. The Morgan fingerprint density at radius 3 is 2.77 bits per heavy atom. The lowest BCUT2D eigenvalue weighted by Crippen LogP contribution is -2.09. The molecule has 2 N–H and O–H groups in total. The molecular formula is C10H13O3+. The van der Waals surface area contributed by atoms with Gasteiger partial charge in [0.15, 0.2) is 13.2 Å². The summed E-state index contributed by atoms with van der Waals surface area (Å²) in [6.45, 7) is 2.13. The summed E-state index contributed by atoms with van der Waals surface area (Å²) in [5.41, 5.74) is 1.48. The van der Waals surface area contributed by atoms with Gasteiger partial charge in [0.05, 0.1) is 5.56 Å². The monoisotopic (exact) mass is 181 g/mol. The summed E-state index contributed by atoms with van der Waals surface area (Å²) in [5.74, 6) is -0.342. The second kappa shape index (κ2) is 4.62. The van der Waals surface area contributed by atoms with Crippen molar-refractivity contribution in [2.45, 2.75) is 6.92 Å². The zero-order valence-electron chi connectivity index (χ0n) is 7.54. The average Bonchev–Trinajstić information content (AvgIpc) is 2.15. The van der Waals surface area contributed by atoms with Crippen LogP contribution in [0.2, 0.25) is 0 Å². The minimum Gasteiger partial charge on any atom is -0.454 e. The molecule has 1 aromatic rings. The number of benzene rings is 1. The molecule has 0 spiro atoms. The number of hydrogen-bond acceptors (Lipinski definition) is 2. The van der Waals surface area contributed by atoms with Crippen molar-refractivity contribution in [3.05, 3.63) is 35.4 Å². The van der Waals surface area contributed by atoms with E-state index in [0.717, 1.165) is 5.56 Å². The third kappa shape index (κ3) is 2.56. The van der Waals surface area contributed by atoms with Crippen molar-refractivity contribution in [3.63, 3.8) is 0 Å². The van der Waals surface area contributed by atoms with Gasteiger partial charge in [-0.25, -0.2) is 4.79 Å². The van der Waals surface area contributed by atoms with Crippen LogP contribution in [0.5, 0.6) is 0 Å². The molecule has 1 rings (SSSR count). The molecule has 0 unspecified atom stereocenters. The Morgan fingerprint density at radius 2 is 2.15 bits per heavy atom. The highest BCUT2D eigenvalue weighted by Gasteiger charge is 2.08. The van der Waals surface area contributed by atoms with Crippen molar-refractivity contribution in [2.24, 2.45) is 0 Å². The van der Waals surface area contributed by atoms with Crippen LogP contribution in [0.25, 0.3) is 0 Å². The fraction of sp³-hybridized carbons (Fsp3) is 0.300. The summed E-state index contributed by atoms with van der Waals surface area (Å²) in [5, 5.41) is 6.83. The van der Waals surface area contributed by atoms with Crippen LogP contribution in [0.15, 0.2) is 24.3 Å². The number of carbonyl (C=O) groups is 1. The van der Waals surface area contributed by atoms with E-state index >= 15 is 0 Å². The Morgan fingerprint density at radius 1 is 1.46 bits per heavy atom. The summed E-state index contributed by atoms with van der Waals surface area (Å²) in [4.78, 5) is 11.3. The van der Waals surface area contributed by atoms with Crippen LogP contribution in [0.3, 0.4) is 0 Å². The van der Waals surface area contributed by atoms with Gasteiger partial charge in [-0.2, -0.15) is 0 Å². The zero-order chi connectivity index (χ0) is 9.68. The van der Waals surface area contributed by atoms with E-state index in [4.69, 9.17) is 9.84 Å². The van der Waals surface area contributed by atoms with Crippen LogP contribution < -0.4 is 0 Å². The van der Waals surface area contributed by atoms with Gasteiger partial charge < -0.3 is 9.84 Å². The molecule has 0 heterocycles. The van der Waals surface area contributed by atoms with Crippen LogP contribution >= 0.6 is 0 Å². The predicted octanol–water partition coefficient (Wildman–Crippen LogP) is 0.876. The van der Waals surface area contributed by atoms with Crippen molar-refractivity contribution in [1.29, 1.82) is 0 Å². The highest BCUT2D eigenvalue weighted by molar-refractivity contribution is 5.90. The summed E-state index contributed by atoms with van der Waals surface area (Å²) in [6.07, 6.45) is 0. The van der Waals surface area contributed by atoms with E-state index in [2.05, 4.69) is 0 Å². The molecule has 0 fully saturated rings. The molecule has 0 aliphatic rings. The molecule has 0 saturated carbocycles. The minimum atomic E-state index is -0.342. The van der Waals surface area contributed by atoms with Crippen LogP contribution in [-0.2, 0) is 4.74 Å². The van der Waals surface area contributed by atoms with Crippen LogP contribution in [-0.4, -0.2) is 24.3 Å². The van der Waals surface area contributed by atoms with Crippen molar-refractivity contribution < 1.29 is 14.6 Å². The third-order valence-electron chi connectivity index (χ3n) is 1.70.